The Bertz CT molecular complexity index is 1370. The van der Waals surface area contributed by atoms with Crippen molar-refractivity contribution in [3.8, 4) is 5.69 Å². The van der Waals surface area contributed by atoms with Gasteiger partial charge < -0.3 is 10.4 Å². The van der Waals surface area contributed by atoms with E-state index in [1.165, 1.54) is 13.0 Å². The lowest BCUT2D eigenvalue weighted by Crippen LogP contribution is -2.29. The van der Waals surface area contributed by atoms with Gasteiger partial charge in [0, 0.05) is 17.4 Å². The smallest absolute Gasteiger partial charge is 0.419 e. The molecule has 13 heteroatoms. The molecule has 1 aromatic heterocycles. The molecule has 0 saturated heterocycles. The summed E-state index contributed by atoms with van der Waals surface area (Å²) in [5.74, 6) is -3.47. The molecule has 0 spiro atoms. The standard InChI is InChI=1S/C23H16F7N3O3/c1-11-6-14(8-15(19(34)35)18(11)33-10-13(9-31-33)23(28,29)30)32-20(36)21(4-5-21)16-3-2-12(7-17(16)24)22(25,26)27/h2-3,6-10H,4-5H2,1H3,(H,32,36)(H,34,35). The van der Waals surface area contributed by atoms with E-state index in [9.17, 15) is 45.4 Å². The average Bonchev–Trinajstić information content (AvgIpc) is 3.40. The minimum Gasteiger partial charge on any atom is -0.478 e. The van der Waals surface area contributed by atoms with E-state index in [1.807, 2.05) is 0 Å². The molecule has 190 valence electrons. The van der Waals surface area contributed by atoms with Gasteiger partial charge in [-0.15, -0.1) is 0 Å². The van der Waals surface area contributed by atoms with Gasteiger partial charge in [-0.05, 0) is 49.6 Å². The fourth-order valence-electron chi connectivity index (χ4n) is 3.98. The maximum Gasteiger partial charge on any atom is 0.419 e. The zero-order chi connectivity index (χ0) is 26.6. The topological polar surface area (TPSA) is 84.2 Å². The van der Waals surface area contributed by atoms with Crippen LogP contribution in [0.2, 0.25) is 0 Å². The monoisotopic (exact) mass is 515 g/mol. The molecule has 1 aliphatic rings. The summed E-state index contributed by atoms with van der Waals surface area (Å²) in [6.07, 6.45) is -8.00. The van der Waals surface area contributed by atoms with Crippen LogP contribution >= 0.6 is 0 Å². The Morgan fingerprint density at radius 1 is 1.03 bits per heavy atom. The largest absolute Gasteiger partial charge is 0.478 e. The number of hydrogen-bond acceptors (Lipinski definition) is 3. The number of carboxylic acids is 1. The molecule has 36 heavy (non-hydrogen) atoms. The minimum atomic E-state index is -4.76. The zero-order valence-corrected chi connectivity index (χ0v) is 18.3. The van der Waals surface area contributed by atoms with Crippen LogP contribution in [-0.4, -0.2) is 26.8 Å². The van der Waals surface area contributed by atoms with Gasteiger partial charge in [0.25, 0.3) is 0 Å². The molecule has 0 radical (unpaired) electrons. The molecule has 1 saturated carbocycles. The molecule has 3 aromatic rings. The van der Waals surface area contributed by atoms with E-state index in [1.54, 1.807) is 0 Å². The van der Waals surface area contributed by atoms with Crippen LogP contribution < -0.4 is 5.32 Å². The van der Waals surface area contributed by atoms with E-state index in [0.717, 1.165) is 16.8 Å². The van der Waals surface area contributed by atoms with Gasteiger partial charge in [-0.3, -0.25) is 4.79 Å². The van der Waals surface area contributed by atoms with E-state index in [0.29, 0.717) is 24.5 Å². The van der Waals surface area contributed by atoms with E-state index >= 15 is 0 Å². The predicted molar refractivity (Wildman–Crippen MR) is 111 cm³/mol. The fourth-order valence-corrected chi connectivity index (χ4v) is 3.98. The van der Waals surface area contributed by atoms with Crippen molar-refractivity contribution in [3.63, 3.8) is 0 Å². The number of benzene rings is 2. The van der Waals surface area contributed by atoms with Crippen LogP contribution in [0.1, 0.15) is 45.5 Å². The minimum absolute atomic E-state index is 0.0413. The lowest BCUT2D eigenvalue weighted by atomic mass is 9.93. The van der Waals surface area contributed by atoms with Crippen molar-refractivity contribution in [2.24, 2.45) is 0 Å². The first kappa shape index (κ1) is 25.2. The highest BCUT2D eigenvalue weighted by molar-refractivity contribution is 6.03. The van der Waals surface area contributed by atoms with Gasteiger partial charge in [-0.25, -0.2) is 13.9 Å². The second kappa shape index (κ2) is 8.35. The third kappa shape index (κ3) is 4.52. The van der Waals surface area contributed by atoms with Gasteiger partial charge >= 0.3 is 18.3 Å². The SMILES string of the molecule is Cc1cc(NC(=O)C2(c3ccc(C(F)(F)F)cc3F)CC2)cc(C(=O)O)c1-n1cc(C(F)(F)F)cn1. The van der Waals surface area contributed by atoms with Crippen LogP contribution in [0.25, 0.3) is 5.69 Å². The van der Waals surface area contributed by atoms with Gasteiger partial charge in [-0.1, -0.05) is 6.07 Å². The number of carboxylic acid groups (broad SMARTS) is 1. The van der Waals surface area contributed by atoms with Crippen molar-refractivity contribution in [3.05, 3.63) is 76.4 Å². The molecule has 1 heterocycles. The second-order valence-electron chi connectivity index (χ2n) is 8.39. The van der Waals surface area contributed by atoms with E-state index in [4.69, 9.17) is 0 Å². The summed E-state index contributed by atoms with van der Waals surface area (Å²) < 4.78 is 92.7. The Balaban J connectivity index is 1.66. The molecule has 6 nitrogen and oxygen atoms in total. The van der Waals surface area contributed by atoms with Crippen LogP contribution in [0.15, 0.2) is 42.7 Å². The lowest BCUT2D eigenvalue weighted by molar-refractivity contribution is -0.138. The molecule has 2 aromatic carbocycles. The van der Waals surface area contributed by atoms with Crippen molar-refractivity contribution >= 4 is 17.6 Å². The number of alkyl halides is 6. The number of aromatic carboxylic acids is 1. The first-order valence-electron chi connectivity index (χ1n) is 10.3. The van der Waals surface area contributed by atoms with Crippen molar-refractivity contribution in [1.82, 2.24) is 9.78 Å². The fraction of sp³-hybridized carbons (Fsp3) is 0.261. The summed E-state index contributed by atoms with van der Waals surface area (Å²) in [6, 6.07) is 4.19. The highest BCUT2D eigenvalue weighted by Gasteiger charge is 2.53. The predicted octanol–water partition coefficient (Wildman–Crippen LogP) is 5.73. The number of aromatic nitrogens is 2. The Morgan fingerprint density at radius 2 is 1.67 bits per heavy atom. The lowest BCUT2D eigenvalue weighted by Gasteiger charge is -2.19. The molecule has 0 atom stereocenters. The van der Waals surface area contributed by atoms with Crippen molar-refractivity contribution in [1.29, 1.82) is 0 Å². The number of aryl methyl sites for hydroxylation is 1. The van der Waals surface area contributed by atoms with Crippen LogP contribution in [0.4, 0.5) is 36.4 Å². The molecule has 0 unspecified atom stereocenters. The van der Waals surface area contributed by atoms with Crippen molar-refractivity contribution in [2.45, 2.75) is 37.5 Å². The number of halogens is 7. The molecule has 1 amide bonds. The number of nitrogens with one attached hydrogen (secondary N) is 1. The number of amides is 1. The van der Waals surface area contributed by atoms with Crippen LogP contribution in [0, 0.1) is 12.7 Å². The van der Waals surface area contributed by atoms with Gasteiger partial charge in [0.1, 0.15) is 5.82 Å². The van der Waals surface area contributed by atoms with E-state index in [2.05, 4.69) is 10.4 Å². The van der Waals surface area contributed by atoms with Gasteiger partial charge in [-0.2, -0.15) is 31.4 Å². The van der Waals surface area contributed by atoms with E-state index < -0.39 is 52.2 Å². The molecular formula is C23H16F7N3O3. The molecule has 1 fully saturated rings. The first-order chi connectivity index (χ1) is 16.6. The normalized spacial score (nSPS) is 15.0. The van der Waals surface area contributed by atoms with Crippen LogP contribution in [0.3, 0.4) is 0 Å². The summed E-state index contributed by atoms with van der Waals surface area (Å²) in [7, 11) is 0. The maximum absolute atomic E-state index is 14.5. The number of carbonyl (C=O) groups excluding carboxylic acids is 1. The van der Waals surface area contributed by atoms with Crippen molar-refractivity contribution in [2.75, 3.05) is 5.32 Å². The summed E-state index contributed by atoms with van der Waals surface area (Å²) in [4.78, 5) is 24.9. The van der Waals surface area contributed by atoms with Gasteiger partial charge in [0.05, 0.1) is 34.0 Å². The summed E-state index contributed by atoms with van der Waals surface area (Å²) in [6.45, 7) is 1.40. The number of nitrogens with zero attached hydrogens (tertiary/aromatic N) is 2. The summed E-state index contributed by atoms with van der Waals surface area (Å²) in [5.41, 5.74) is -4.47. The maximum atomic E-state index is 14.5. The summed E-state index contributed by atoms with van der Waals surface area (Å²) in [5, 5.41) is 15.7. The van der Waals surface area contributed by atoms with Gasteiger partial charge in [0.15, 0.2) is 0 Å². The summed E-state index contributed by atoms with van der Waals surface area (Å²) >= 11 is 0. The molecular weight excluding hydrogens is 499 g/mol. The molecule has 4 rings (SSSR count). The highest BCUT2D eigenvalue weighted by Crippen LogP contribution is 2.50. The number of rotatable bonds is 5. The quantitative estimate of drug-likeness (QED) is 0.426. The molecule has 2 N–H and O–H groups in total. The van der Waals surface area contributed by atoms with Crippen LogP contribution in [0.5, 0.6) is 0 Å². The Labute approximate surface area is 198 Å². The molecule has 0 aliphatic heterocycles. The molecule has 1 aliphatic carbocycles. The highest BCUT2D eigenvalue weighted by atomic mass is 19.4. The Morgan fingerprint density at radius 3 is 2.17 bits per heavy atom. The molecule has 0 bridgehead atoms. The third-order valence-corrected chi connectivity index (χ3v) is 5.92. The van der Waals surface area contributed by atoms with E-state index in [-0.39, 0.29) is 35.3 Å². The number of hydrogen-bond donors (Lipinski definition) is 2. The zero-order valence-electron chi connectivity index (χ0n) is 18.3. The Kier molecular flexibility index (Phi) is 5.84. The van der Waals surface area contributed by atoms with Crippen molar-refractivity contribution < 1.29 is 45.4 Å². The third-order valence-electron chi connectivity index (χ3n) is 5.92. The number of anilines is 1. The Hall–Kier alpha value is -3.90. The van der Waals surface area contributed by atoms with Crippen LogP contribution in [-0.2, 0) is 22.6 Å². The average molecular weight is 515 g/mol. The number of carbonyl (C=O) groups is 2. The second-order valence-corrected chi connectivity index (χ2v) is 8.39. The first-order valence-corrected chi connectivity index (χ1v) is 10.3. The van der Waals surface area contributed by atoms with Gasteiger partial charge in [0.2, 0.25) is 5.91 Å².